The second-order valence-electron chi connectivity index (χ2n) is 26.9. The SMILES string of the molecule is CCC(C)CCCCCCCCCCCCCCCCC(=O)OC[C@H](COP(=O)(O)OCC(O)COP(=O)(O)OC[C@@H](COC(=O)CCCCCCCCCC(C)C)OC(=O)CCCCCCCCC(C)C)OC(=O)CCCCCCCCCCCC(C)C. The van der Waals surface area contributed by atoms with E-state index in [0.29, 0.717) is 37.5 Å². The van der Waals surface area contributed by atoms with Gasteiger partial charge in [-0.05, 0) is 49.4 Å². The molecule has 89 heavy (non-hydrogen) atoms. The van der Waals surface area contributed by atoms with Gasteiger partial charge in [-0.15, -0.1) is 0 Å². The van der Waals surface area contributed by atoms with Crippen LogP contribution in [0.3, 0.4) is 0 Å². The molecule has 0 aliphatic heterocycles. The molecule has 0 aromatic rings. The molecule has 0 saturated heterocycles. The Labute approximate surface area is 543 Å². The van der Waals surface area contributed by atoms with Gasteiger partial charge < -0.3 is 33.8 Å². The van der Waals surface area contributed by atoms with Gasteiger partial charge in [-0.2, -0.15) is 0 Å². The van der Waals surface area contributed by atoms with E-state index in [1.807, 2.05) is 0 Å². The average molecular weight is 1310 g/mol. The van der Waals surface area contributed by atoms with Crippen LogP contribution >= 0.6 is 15.6 Å². The molecule has 0 heterocycles. The number of rotatable bonds is 67. The van der Waals surface area contributed by atoms with E-state index in [4.69, 9.17) is 37.0 Å². The van der Waals surface area contributed by atoms with Crippen LogP contribution in [0.15, 0.2) is 0 Å². The maximum atomic E-state index is 13.0. The topological polar surface area (TPSA) is 237 Å². The van der Waals surface area contributed by atoms with Crippen molar-refractivity contribution in [2.75, 3.05) is 39.6 Å². The van der Waals surface area contributed by atoms with Crippen LogP contribution in [-0.2, 0) is 65.4 Å². The number of carbonyl (C=O) groups is 4. The Morgan fingerprint density at radius 1 is 0.315 bits per heavy atom. The highest BCUT2D eigenvalue weighted by Crippen LogP contribution is 2.45. The molecular formula is C70H136O17P2. The molecule has 0 saturated carbocycles. The molecule has 0 radical (unpaired) electrons. The van der Waals surface area contributed by atoms with Gasteiger partial charge in [0.15, 0.2) is 12.2 Å². The first-order chi connectivity index (χ1) is 42.6. The number of aliphatic hydroxyl groups excluding tert-OH is 1. The molecule has 0 aliphatic carbocycles. The fourth-order valence-electron chi connectivity index (χ4n) is 10.5. The number of hydrogen-bond donors (Lipinski definition) is 3. The Morgan fingerprint density at radius 3 is 0.798 bits per heavy atom. The van der Waals surface area contributed by atoms with Crippen molar-refractivity contribution in [1.82, 2.24) is 0 Å². The number of ether oxygens (including phenoxy) is 4. The lowest BCUT2D eigenvalue weighted by atomic mass is 9.99. The summed E-state index contributed by atoms with van der Waals surface area (Å²) >= 11 is 0. The summed E-state index contributed by atoms with van der Waals surface area (Å²) in [6.45, 7) is 14.0. The Hall–Kier alpha value is -1.94. The zero-order chi connectivity index (χ0) is 66.1. The van der Waals surface area contributed by atoms with Gasteiger partial charge in [0.1, 0.15) is 19.3 Å². The zero-order valence-electron chi connectivity index (χ0n) is 58.1. The van der Waals surface area contributed by atoms with E-state index in [-0.39, 0.29) is 25.7 Å². The Kier molecular flexibility index (Phi) is 58.5. The Morgan fingerprint density at radius 2 is 0.539 bits per heavy atom. The predicted octanol–water partition coefficient (Wildman–Crippen LogP) is 19.7. The van der Waals surface area contributed by atoms with Gasteiger partial charge in [-0.25, -0.2) is 9.13 Å². The van der Waals surface area contributed by atoms with Gasteiger partial charge in [0.05, 0.1) is 26.4 Å². The van der Waals surface area contributed by atoms with Crippen LogP contribution < -0.4 is 0 Å². The molecule has 0 fully saturated rings. The van der Waals surface area contributed by atoms with Crippen LogP contribution in [0.25, 0.3) is 0 Å². The van der Waals surface area contributed by atoms with Crippen LogP contribution in [0.4, 0.5) is 0 Å². The number of phosphoric acid groups is 2. The van der Waals surface area contributed by atoms with Crippen LogP contribution in [0.5, 0.6) is 0 Å². The largest absolute Gasteiger partial charge is 0.472 e. The van der Waals surface area contributed by atoms with E-state index in [1.165, 1.54) is 141 Å². The van der Waals surface area contributed by atoms with Gasteiger partial charge in [-0.3, -0.25) is 37.3 Å². The minimum Gasteiger partial charge on any atom is -0.462 e. The molecule has 0 spiro atoms. The summed E-state index contributed by atoms with van der Waals surface area (Å²) in [5.41, 5.74) is 0. The molecule has 19 heteroatoms. The van der Waals surface area contributed by atoms with Crippen LogP contribution in [0.2, 0.25) is 0 Å². The van der Waals surface area contributed by atoms with Crippen molar-refractivity contribution in [3.05, 3.63) is 0 Å². The molecule has 17 nitrogen and oxygen atoms in total. The standard InChI is InChI=1S/C70H136O17P2/c1-9-63(8)49-41-33-24-18-14-12-10-11-13-15-19-25-34-42-50-67(72)80-56-65(86-69(74)52-44-36-26-20-16-17-22-30-38-46-60(2)3)58-84-88(76,77)82-54-64(71)55-83-89(78,79)85-59-66(87-70(75)53-45-37-29-28-32-40-48-62(6)7)57-81-68(73)51-43-35-27-21-23-31-39-47-61(4)5/h60-66,71H,9-59H2,1-8H3,(H,76,77)(H,78,79)/t63?,64?,65-,66-/m1/s1. The quantitative estimate of drug-likeness (QED) is 0.0222. The highest BCUT2D eigenvalue weighted by atomic mass is 31.2. The van der Waals surface area contributed by atoms with E-state index in [1.54, 1.807) is 0 Å². The molecule has 0 rings (SSSR count). The van der Waals surface area contributed by atoms with Gasteiger partial charge in [0.2, 0.25) is 0 Å². The maximum absolute atomic E-state index is 13.0. The first-order valence-electron chi connectivity index (χ1n) is 36.2. The van der Waals surface area contributed by atoms with Crippen molar-refractivity contribution >= 4 is 39.5 Å². The van der Waals surface area contributed by atoms with Gasteiger partial charge in [-0.1, -0.05) is 293 Å². The van der Waals surface area contributed by atoms with Crippen molar-refractivity contribution in [3.63, 3.8) is 0 Å². The number of esters is 4. The number of hydrogen-bond acceptors (Lipinski definition) is 15. The Bertz CT molecular complexity index is 1770. The lowest BCUT2D eigenvalue weighted by molar-refractivity contribution is -0.161. The Balaban J connectivity index is 5.20. The van der Waals surface area contributed by atoms with E-state index in [2.05, 4.69) is 55.4 Å². The van der Waals surface area contributed by atoms with Gasteiger partial charge in [0.25, 0.3) is 0 Å². The number of carbonyl (C=O) groups excluding carboxylic acids is 4. The molecule has 528 valence electrons. The highest BCUT2D eigenvalue weighted by Gasteiger charge is 2.30. The van der Waals surface area contributed by atoms with Crippen LogP contribution in [0.1, 0.15) is 344 Å². The summed E-state index contributed by atoms with van der Waals surface area (Å²) < 4.78 is 68.2. The molecule has 0 aliphatic rings. The van der Waals surface area contributed by atoms with E-state index >= 15 is 0 Å². The number of unbranched alkanes of at least 4 members (excludes halogenated alkanes) is 32. The third kappa shape index (κ3) is 63.2. The fourth-order valence-corrected chi connectivity index (χ4v) is 12.0. The summed E-state index contributed by atoms with van der Waals surface area (Å²) in [6.07, 6.45) is 42.0. The van der Waals surface area contributed by atoms with Crippen molar-refractivity contribution in [1.29, 1.82) is 0 Å². The third-order valence-corrected chi connectivity index (χ3v) is 18.3. The molecule has 6 atom stereocenters. The van der Waals surface area contributed by atoms with E-state index < -0.39 is 97.5 Å². The van der Waals surface area contributed by atoms with Crippen molar-refractivity contribution in [2.24, 2.45) is 23.7 Å². The number of phosphoric ester groups is 2. The van der Waals surface area contributed by atoms with Crippen molar-refractivity contribution in [3.8, 4) is 0 Å². The molecule has 0 bridgehead atoms. The van der Waals surface area contributed by atoms with E-state index in [0.717, 1.165) is 108 Å². The summed E-state index contributed by atoms with van der Waals surface area (Å²) in [5.74, 6) is 0.826. The minimum atomic E-state index is -4.95. The maximum Gasteiger partial charge on any atom is 0.472 e. The monoisotopic (exact) mass is 1310 g/mol. The molecule has 0 aromatic heterocycles. The lowest BCUT2D eigenvalue weighted by Crippen LogP contribution is -2.30. The normalized spacial score (nSPS) is 14.6. The number of aliphatic hydroxyl groups is 1. The summed E-state index contributed by atoms with van der Waals surface area (Å²) in [5, 5.41) is 10.6. The predicted molar refractivity (Wildman–Crippen MR) is 358 cm³/mol. The first kappa shape index (κ1) is 87.1. The van der Waals surface area contributed by atoms with Crippen LogP contribution in [0, 0.1) is 23.7 Å². The van der Waals surface area contributed by atoms with Crippen molar-refractivity contribution in [2.45, 2.75) is 363 Å². The van der Waals surface area contributed by atoms with Crippen LogP contribution in [-0.4, -0.2) is 96.7 Å². The third-order valence-electron chi connectivity index (χ3n) is 16.4. The molecule has 4 unspecified atom stereocenters. The second kappa shape index (κ2) is 59.8. The molecule has 0 amide bonds. The van der Waals surface area contributed by atoms with Gasteiger partial charge in [0, 0.05) is 25.7 Å². The smallest absolute Gasteiger partial charge is 0.462 e. The minimum absolute atomic E-state index is 0.101. The zero-order valence-corrected chi connectivity index (χ0v) is 59.8. The summed E-state index contributed by atoms with van der Waals surface area (Å²) in [7, 11) is -9.90. The highest BCUT2D eigenvalue weighted by molar-refractivity contribution is 7.47. The van der Waals surface area contributed by atoms with Crippen molar-refractivity contribution < 1.29 is 80.2 Å². The summed E-state index contributed by atoms with van der Waals surface area (Å²) in [4.78, 5) is 72.4. The second-order valence-corrected chi connectivity index (χ2v) is 29.8. The average Bonchev–Trinajstić information content (AvgIpc) is 3.70. The van der Waals surface area contributed by atoms with Gasteiger partial charge >= 0.3 is 39.5 Å². The fraction of sp³-hybridized carbons (Fsp3) is 0.943. The molecule has 3 N–H and O–H groups in total. The van der Waals surface area contributed by atoms with E-state index in [9.17, 15) is 43.2 Å². The molecular weight excluding hydrogens is 1170 g/mol. The lowest BCUT2D eigenvalue weighted by Gasteiger charge is -2.21. The summed E-state index contributed by atoms with van der Waals surface area (Å²) in [6, 6.07) is 0. The first-order valence-corrected chi connectivity index (χ1v) is 39.2. The molecule has 0 aromatic carbocycles.